The molecule has 2 N–H and O–H groups in total. The Morgan fingerprint density at radius 2 is 2.33 bits per heavy atom. The number of carbonyl (C=O) groups excluding carboxylic acids is 1. The lowest BCUT2D eigenvalue weighted by molar-refractivity contribution is -0.124. The monoisotopic (exact) mass is 215 g/mol. The van der Waals surface area contributed by atoms with Crippen molar-refractivity contribution in [3.8, 4) is 0 Å². The smallest absolute Gasteiger partial charge is 0.234 e. The Kier molecular flexibility index (Phi) is 5.01. The molecule has 0 aliphatic carbocycles. The summed E-state index contributed by atoms with van der Waals surface area (Å²) >= 11 is 0. The van der Waals surface area contributed by atoms with Gasteiger partial charge in [-0.2, -0.15) is 0 Å². The van der Waals surface area contributed by atoms with Crippen molar-refractivity contribution < 1.29 is 9.90 Å². The molecule has 0 aromatic rings. The first-order valence-corrected chi connectivity index (χ1v) is 5.40. The molecule has 0 radical (unpaired) electrons. The molecule has 0 saturated carbocycles. The van der Waals surface area contributed by atoms with Crippen LogP contribution in [-0.4, -0.2) is 73.7 Å². The minimum Gasteiger partial charge on any atom is -0.392 e. The van der Waals surface area contributed by atoms with Gasteiger partial charge in [0.25, 0.3) is 0 Å². The Morgan fingerprint density at radius 3 is 2.93 bits per heavy atom. The summed E-state index contributed by atoms with van der Waals surface area (Å²) < 4.78 is 0. The van der Waals surface area contributed by atoms with E-state index < -0.39 is 0 Å². The largest absolute Gasteiger partial charge is 0.392 e. The maximum absolute atomic E-state index is 11.1. The number of rotatable bonds is 5. The number of hydrogen-bond donors (Lipinski definition) is 2. The molecular formula is C10H21N3O2. The van der Waals surface area contributed by atoms with Gasteiger partial charge in [-0.15, -0.1) is 0 Å². The lowest BCUT2D eigenvalue weighted by atomic mass is 10.2. The zero-order valence-electron chi connectivity index (χ0n) is 9.57. The van der Waals surface area contributed by atoms with Gasteiger partial charge in [-0.25, -0.2) is 0 Å². The van der Waals surface area contributed by atoms with Crippen LogP contribution >= 0.6 is 0 Å². The standard InChI is InChI=1S/C10H21N3O2/c1-12(2)5-3-9(14)7-13-6-4-11-10(15)8-13/h9,14H,3-8H2,1-2H3,(H,11,15). The molecule has 1 rings (SSSR count). The minimum atomic E-state index is -0.335. The van der Waals surface area contributed by atoms with Crippen LogP contribution in [0, 0.1) is 0 Å². The van der Waals surface area contributed by atoms with E-state index in [1.54, 1.807) is 0 Å². The lowest BCUT2D eigenvalue weighted by Crippen LogP contribution is -2.49. The highest BCUT2D eigenvalue weighted by atomic mass is 16.3. The summed E-state index contributed by atoms with van der Waals surface area (Å²) in [6.07, 6.45) is 0.420. The molecule has 1 unspecified atom stereocenters. The van der Waals surface area contributed by atoms with E-state index in [2.05, 4.69) is 5.32 Å². The molecule has 0 bridgehead atoms. The molecule has 1 saturated heterocycles. The van der Waals surface area contributed by atoms with Gasteiger partial charge in [0.15, 0.2) is 0 Å². The molecule has 1 aliphatic rings. The maximum Gasteiger partial charge on any atom is 0.234 e. The fourth-order valence-electron chi connectivity index (χ4n) is 1.64. The normalized spacial score (nSPS) is 20.4. The third kappa shape index (κ3) is 5.11. The van der Waals surface area contributed by atoms with Crippen molar-refractivity contribution in [2.45, 2.75) is 12.5 Å². The number of hydrogen-bond acceptors (Lipinski definition) is 4. The number of aliphatic hydroxyl groups is 1. The summed E-state index contributed by atoms with van der Waals surface area (Å²) in [5.41, 5.74) is 0. The van der Waals surface area contributed by atoms with E-state index in [1.807, 2.05) is 23.9 Å². The molecule has 1 amide bonds. The van der Waals surface area contributed by atoms with Gasteiger partial charge in [0.2, 0.25) is 5.91 Å². The quantitative estimate of drug-likeness (QED) is 0.600. The third-order valence-electron chi connectivity index (χ3n) is 2.50. The molecule has 5 heteroatoms. The zero-order chi connectivity index (χ0) is 11.3. The second-order valence-corrected chi connectivity index (χ2v) is 4.33. The van der Waals surface area contributed by atoms with Gasteiger partial charge in [0, 0.05) is 26.2 Å². The molecular weight excluding hydrogens is 194 g/mol. The number of carbonyl (C=O) groups is 1. The number of amides is 1. The Balaban J connectivity index is 2.18. The third-order valence-corrected chi connectivity index (χ3v) is 2.50. The second-order valence-electron chi connectivity index (χ2n) is 4.33. The highest BCUT2D eigenvalue weighted by molar-refractivity contribution is 5.78. The van der Waals surface area contributed by atoms with Crippen molar-refractivity contribution in [2.24, 2.45) is 0 Å². The van der Waals surface area contributed by atoms with Crippen LogP contribution < -0.4 is 5.32 Å². The molecule has 0 spiro atoms. The van der Waals surface area contributed by atoms with Gasteiger partial charge >= 0.3 is 0 Å². The highest BCUT2D eigenvalue weighted by Gasteiger charge is 2.18. The highest BCUT2D eigenvalue weighted by Crippen LogP contribution is 2.00. The van der Waals surface area contributed by atoms with E-state index in [-0.39, 0.29) is 12.0 Å². The predicted octanol–water partition coefficient (Wildman–Crippen LogP) is -1.27. The average molecular weight is 215 g/mol. The second kappa shape index (κ2) is 6.05. The van der Waals surface area contributed by atoms with E-state index in [4.69, 9.17) is 0 Å². The predicted molar refractivity (Wildman–Crippen MR) is 58.6 cm³/mol. The Bertz CT molecular complexity index is 209. The van der Waals surface area contributed by atoms with Crippen LogP contribution in [0.4, 0.5) is 0 Å². The molecule has 0 aromatic heterocycles. The molecule has 1 aliphatic heterocycles. The molecule has 1 atom stereocenters. The van der Waals surface area contributed by atoms with Crippen LogP contribution in [0.1, 0.15) is 6.42 Å². The van der Waals surface area contributed by atoms with Gasteiger partial charge in [0.1, 0.15) is 0 Å². The lowest BCUT2D eigenvalue weighted by Gasteiger charge is -2.28. The SMILES string of the molecule is CN(C)CCC(O)CN1CCNC(=O)C1. The first-order valence-electron chi connectivity index (χ1n) is 5.40. The maximum atomic E-state index is 11.1. The van der Waals surface area contributed by atoms with Crippen molar-refractivity contribution in [3.63, 3.8) is 0 Å². The van der Waals surface area contributed by atoms with E-state index in [0.717, 1.165) is 19.5 Å². The molecule has 88 valence electrons. The Hall–Kier alpha value is -0.650. The molecule has 15 heavy (non-hydrogen) atoms. The van der Waals surface area contributed by atoms with Crippen molar-refractivity contribution >= 4 is 5.91 Å². The summed E-state index contributed by atoms with van der Waals surface area (Å²) in [4.78, 5) is 15.1. The van der Waals surface area contributed by atoms with Crippen LogP contribution in [0.25, 0.3) is 0 Å². The van der Waals surface area contributed by atoms with Crippen LogP contribution in [0.5, 0.6) is 0 Å². The van der Waals surface area contributed by atoms with E-state index in [9.17, 15) is 9.90 Å². The zero-order valence-corrected chi connectivity index (χ0v) is 9.57. The fraction of sp³-hybridized carbons (Fsp3) is 0.900. The summed E-state index contributed by atoms with van der Waals surface area (Å²) in [6, 6.07) is 0. The van der Waals surface area contributed by atoms with Crippen LogP contribution in [0.2, 0.25) is 0 Å². The average Bonchev–Trinajstić information content (AvgIpc) is 2.15. The molecule has 5 nitrogen and oxygen atoms in total. The number of aliphatic hydroxyl groups excluding tert-OH is 1. The summed E-state index contributed by atoms with van der Waals surface area (Å²) in [7, 11) is 3.97. The minimum absolute atomic E-state index is 0.0565. The van der Waals surface area contributed by atoms with Crippen molar-refractivity contribution in [2.75, 3.05) is 46.8 Å². The van der Waals surface area contributed by atoms with Crippen LogP contribution in [0.3, 0.4) is 0 Å². The number of β-amino-alcohol motifs (C(OH)–C–C–N with tert-alkyl or cyclic N) is 1. The van der Waals surface area contributed by atoms with Crippen molar-refractivity contribution in [1.29, 1.82) is 0 Å². The fourth-order valence-corrected chi connectivity index (χ4v) is 1.64. The van der Waals surface area contributed by atoms with E-state index in [1.165, 1.54) is 0 Å². The topological polar surface area (TPSA) is 55.8 Å². The van der Waals surface area contributed by atoms with Gasteiger partial charge < -0.3 is 15.3 Å². The first-order chi connectivity index (χ1) is 7.08. The van der Waals surface area contributed by atoms with Gasteiger partial charge in [-0.3, -0.25) is 9.69 Å². The summed E-state index contributed by atoms with van der Waals surface area (Å²) in [5, 5.41) is 12.5. The number of nitrogens with zero attached hydrogens (tertiary/aromatic N) is 2. The number of nitrogens with one attached hydrogen (secondary N) is 1. The van der Waals surface area contributed by atoms with E-state index in [0.29, 0.717) is 19.6 Å². The summed E-state index contributed by atoms with van der Waals surface area (Å²) in [5.74, 6) is 0.0565. The number of piperazine rings is 1. The van der Waals surface area contributed by atoms with Crippen LogP contribution in [-0.2, 0) is 4.79 Å². The van der Waals surface area contributed by atoms with Gasteiger partial charge in [0.05, 0.1) is 12.6 Å². The van der Waals surface area contributed by atoms with E-state index >= 15 is 0 Å². The molecule has 0 aromatic carbocycles. The van der Waals surface area contributed by atoms with Crippen LogP contribution in [0.15, 0.2) is 0 Å². The van der Waals surface area contributed by atoms with Crippen molar-refractivity contribution in [1.82, 2.24) is 15.1 Å². The van der Waals surface area contributed by atoms with Gasteiger partial charge in [-0.05, 0) is 20.5 Å². The first kappa shape index (κ1) is 12.4. The Morgan fingerprint density at radius 1 is 1.60 bits per heavy atom. The van der Waals surface area contributed by atoms with Crippen molar-refractivity contribution in [3.05, 3.63) is 0 Å². The summed E-state index contributed by atoms with van der Waals surface area (Å²) in [6.45, 7) is 3.42. The molecule has 1 heterocycles. The Labute approximate surface area is 91.0 Å². The molecule has 1 fully saturated rings. The van der Waals surface area contributed by atoms with Gasteiger partial charge in [-0.1, -0.05) is 0 Å².